The number of benzene rings is 2. The predicted molar refractivity (Wildman–Crippen MR) is 119 cm³/mol. The van der Waals surface area contributed by atoms with Crippen LogP contribution in [0.15, 0.2) is 60.8 Å². The SMILES string of the molecule is COc1cccc(-c2ccc(CNC=O)c3c2CCN(C(=O)Nc2ccccn2)C3)c1. The third-order valence-corrected chi connectivity index (χ3v) is 5.45. The van der Waals surface area contributed by atoms with Crippen molar-refractivity contribution < 1.29 is 14.3 Å². The van der Waals surface area contributed by atoms with Crippen molar-refractivity contribution in [3.63, 3.8) is 0 Å². The lowest BCUT2D eigenvalue weighted by molar-refractivity contribution is -0.109. The number of hydrogen-bond donors (Lipinski definition) is 2. The Morgan fingerprint density at radius 3 is 2.84 bits per heavy atom. The van der Waals surface area contributed by atoms with Crippen LogP contribution in [0.1, 0.15) is 16.7 Å². The van der Waals surface area contributed by atoms with Crippen LogP contribution in [0.5, 0.6) is 5.75 Å². The molecule has 0 saturated carbocycles. The van der Waals surface area contributed by atoms with E-state index in [9.17, 15) is 9.59 Å². The van der Waals surface area contributed by atoms with Crippen LogP contribution in [-0.2, 0) is 24.3 Å². The van der Waals surface area contributed by atoms with E-state index in [1.165, 1.54) is 5.56 Å². The van der Waals surface area contributed by atoms with Crippen molar-refractivity contribution in [1.29, 1.82) is 0 Å². The van der Waals surface area contributed by atoms with Crippen molar-refractivity contribution >= 4 is 18.3 Å². The summed E-state index contributed by atoms with van der Waals surface area (Å²) in [6, 6.07) is 17.3. The van der Waals surface area contributed by atoms with Crippen LogP contribution in [-0.4, -0.2) is 36.0 Å². The van der Waals surface area contributed by atoms with Crippen LogP contribution in [0.4, 0.5) is 10.6 Å². The minimum absolute atomic E-state index is 0.189. The molecule has 7 heteroatoms. The summed E-state index contributed by atoms with van der Waals surface area (Å²) in [6.07, 6.45) is 3.05. The number of urea groups is 1. The van der Waals surface area contributed by atoms with Gasteiger partial charge < -0.3 is 15.0 Å². The van der Waals surface area contributed by atoms with Crippen LogP contribution in [0.25, 0.3) is 11.1 Å². The van der Waals surface area contributed by atoms with Gasteiger partial charge >= 0.3 is 6.03 Å². The Balaban J connectivity index is 1.66. The summed E-state index contributed by atoms with van der Waals surface area (Å²) in [7, 11) is 1.65. The Morgan fingerprint density at radius 1 is 1.16 bits per heavy atom. The number of carbonyl (C=O) groups is 2. The molecule has 4 rings (SSSR count). The molecule has 158 valence electrons. The zero-order valence-electron chi connectivity index (χ0n) is 17.3. The van der Waals surface area contributed by atoms with Crippen LogP contribution in [0.2, 0.25) is 0 Å². The smallest absolute Gasteiger partial charge is 0.323 e. The average Bonchev–Trinajstić information content (AvgIpc) is 2.82. The normalized spacial score (nSPS) is 12.6. The predicted octanol–water partition coefficient (Wildman–Crippen LogP) is 3.59. The molecule has 7 nitrogen and oxygen atoms in total. The summed E-state index contributed by atoms with van der Waals surface area (Å²) in [5.74, 6) is 1.32. The molecule has 2 heterocycles. The number of rotatable bonds is 6. The van der Waals surface area contributed by atoms with E-state index in [2.05, 4.69) is 27.8 Å². The van der Waals surface area contributed by atoms with E-state index in [4.69, 9.17) is 4.74 Å². The van der Waals surface area contributed by atoms with Gasteiger partial charge in [0.15, 0.2) is 0 Å². The number of pyridine rings is 1. The van der Waals surface area contributed by atoms with E-state index in [0.29, 0.717) is 38.3 Å². The van der Waals surface area contributed by atoms with Crippen LogP contribution in [0, 0.1) is 0 Å². The van der Waals surface area contributed by atoms with E-state index >= 15 is 0 Å². The molecule has 3 aromatic rings. The standard InChI is InChI=1S/C24H24N4O3/c1-31-19-6-4-5-17(13-19)20-9-8-18(14-25-16-29)22-15-28(12-10-21(20)22)24(30)27-23-7-2-3-11-26-23/h2-9,11,13,16H,10,12,14-15H2,1H3,(H,25,29)(H,26,27,30). The first kappa shape index (κ1) is 20.4. The second kappa shape index (κ2) is 9.30. The number of anilines is 1. The first-order valence-electron chi connectivity index (χ1n) is 10.1. The summed E-state index contributed by atoms with van der Waals surface area (Å²) in [5, 5.41) is 5.60. The molecule has 3 amide bonds. The third-order valence-electron chi connectivity index (χ3n) is 5.45. The van der Waals surface area contributed by atoms with Gasteiger partial charge in [0.1, 0.15) is 11.6 Å². The summed E-state index contributed by atoms with van der Waals surface area (Å²) < 4.78 is 5.39. The monoisotopic (exact) mass is 416 g/mol. The molecule has 0 spiro atoms. The van der Waals surface area contributed by atoms with E-state index in [0.717, 1.165) is 28.0 Å². The van der Waals surface area contributed by atoms with Crippen molar-refractivity contribution in [1.82, 2.24) is 15.2 Å². The number of carbonyl (C=O) groups excluding carboxylic acids is 2. The molecule has 0 saturated heterocycles. The average molecular weight is 416 g/mol. The van der Waals surface area contributed by atoms with Crippen molar-refractivity contribution in [3.05, 3.63) is 77.5 Å². The molecule has 1 aliphatic rings. The van der Waals surface area contributed by atoms with Gasteiger partial charge in [0.25, 0.3) is 0 Å². The molecular formula is C24H24N4O3. The number of amides is 3. The highest BCUT2D eigenvalue weighted by molar-refractivity contribution is 5.88. The van der Waals surface area contributed by atoms with Crippen molar-refractivity contribution in [3.8, 4) is 16.9 Å². The number of hydrogen-bond acceptors (Lipinski definition) is 4. The molecule has 1 aliphatic heterocycles. The largest absolute Gasteiger partial charge is 0.497 e. The molecule has 1 aromatic heterocycles. The van der Waals surface area contributed by atoms with Crippen molar-refractivity contribution in [2.45, 2.75) is 19.5 Å². The topological polar surface area (TPSA) is 83.6 Å². The Morgan fingerprint density at radius 2 is 2.06 bits per heavy atom. The minimum Gasteiger partial charge on any atom is -0.497 e. The Hall–Kier alpha value is -3.87. The first-order chi connectivity index (χ1) is 15.2. The fourth-order valence-corrected chi connectivity index (χ4v) is 3.92. The molecule has 0 aliphatic carbocycles. The molecule has 2 N–H and O–H groups in total. The van der Waals surface area contributed by atoms with Crippen molar-refractivity contribution in [2.24, 2.45) is 0 Å². The summed E-state index contributed by atoms with van der Waals surface area (Å²) >= 11 is 0. The molecule has 2 aromatic carbocycles. The van der Waals surface area contributed by atoms with E-state index in [-0.39, 0.29) is 6.03 Å². The number of fused-ring (bicyclic) bond motifs is 1. The second-order valence-corrected chi connectivity index (χ2v) is 7.28. The van der Waals surface area contributed by atoms with Gasteiger partial charge in [0.05, 0.1) is 7.11 Å². The van der Waals surface area contributed by atoms with Gasteiger partial charge in [0, 0.05) is 25.8 Å². The van der Waals surface area contributed by atoms with Gasteiger partial charge in [-0.05, 0) is 58.5 Å². The van der Waals surface area contributed by atoms with Crippen LogP contribution in [0.3, 0.4) is 0 Å². The van der Waals surface area contributed by atoms with Gasteiger partial charge in [-0.1, -0.05) is 30.3 Å². The fraction of sp³-hybridized carbons (Fsp3) is 0.208. The molecule has 0 radical (unpaired) electrons. The summed E-state index contributed by atoms with van der Waals surface area (Å²) in [4.78, 5) is 29.6. The molecule has 31 heavy (non-hydrogen) atoms. The highest BCUT2D eigenvalue weighted by Gasteiger charge is 2.25. The van der Waals surface area contributed by atoms with Crippen LogP contribution < -0.4 is 15.4 Å². The number of ether oxygens (including phenoxy) is 1. The maximum atomic E-state index is 12.8. The lowest BCUT2D eigenvalue weighted by atomic mass is 9.87. The van der Waals surface area contributed by atoms with Gasteiger partial charge in [-0.3, -0.25) is 10.1 Å². The molecule has 0 fully saturated rings. The first-order valence-corrected chi connectivity index (χ1v) is 10.1. The maximum Gasteiger partial charge on any atom is 0.323 e. The number of nitrogens with zero attached hydrogens (tertiary/aromatic N) is 2. The van der Waals surface area contributed by atoms with Gasteiger partial charge in [-0.15, -0.1) is 0 Å². The minimum atomic E-state index is -0.189. The number of methoxy groups -OCH3 is 1. The van der Waals surface area contributed by atoms with Crippen molar-refractivity contribution in [2.75, 3.05) is 19.0 Å². The Labute approximate surface area is 181 Å². The zero-order chi connectivity index (χ0) is 21.6. The summed E-state index contributed by atoms with van der Waals surface area (Å²) in [6.45, 7) is 1.47. The van der Waals surface area contributed by atoms with E-state index < -0.39 is 0 Å². The fourth-order valence-electron chi connectivity index (χ4n) is 3.92. The van der Waals surface area contributed by atoms with E-state index in [1.54, 1.807) is 30.3 Å². The second-order valence-electron chi connectivity index (χ2n) is 7.28. The molecular weight excluding hydrogens is 392 g/mol. The quantitative estimate of drug-likeness (QED) is 0.602. The van der Waals surface area contributed by atoms with Crippen LogP contribution >= 0.6 is 0 Å². The van der Waals surface area contributed by atoms with E-state index in [1.807, 2.05) is 30.3 Å². The number of aromatic nitrogens is 1. The summed E-state index contributed by atoms with van der Waals surface area (Å²) in [5.41, 5.74) is 5.45. The zero-order valence-corrected chi connectivity index (χ0v) is 17.3. The van der Waals surface area contributed by atoms with Gasteiger partial charge in [-0.25, -0.2) is 9.78 Å². The Kier molecular flexibility index (Phi) is 6.12. The lowest BCUT2D eigenvalue weighted by Crippen LogP contribution is -2.39. The maximum absolute atomic E-state index is 12.8. The lowest BCUT2D eigenvalue weighted by Gasteiger charge is -2.32. The molecule has 0 bridgehead atoms. The Bertz CT molecular complexity index is 1090. The highest BCUT2D eigenvalue weighted by atomic mass is 16.5. The molecule has 0 atom stereocenters. The number of nitrogens with one attached hydrogen (secondary N) is 2. The molecule has 0 unspecified atom stereocenters. The third kappa shape index (κ3) is 4.50. The highest BCUT2D eigenvalue weighted by Crippen LogP contribution is 2.34. The van der Waals surface area contributed by atoms with Gasteiger partial charge in [-0.2, -0.15) is 0 Å². The van der Waals surface area contributed by atoms with Gasteiger partial charge in [0.2, 0.25) is 6.41 Å².